The fraction of sp³-hybridized carbons (Fsp3) is 0.632. The van der Waals surface area contributed by atoms with Crippen LogP contribution >= 0.6 is 0 Å². The first kappa shape index (κ1) is 26.0. The smallest absolute Gasteiger partial charge is 0.326 e. The van der Waals surface area contributed by atoms with E-state index < -0.39 is 41.8 Å². The number of nitrogens with one attached hydrogen (secondary N) is 4. The van der Waals surface area contributed by atoms with E-state index in [9.17, 15) is 24.3 Å². The van der Waals surface area contributed by atoms with E-state index in [2.05, 4.69) is 25.9 Å². The molecule has 12 heteroatoms. The molecule has 0 saturated carbocycles. The quantitative estimate of drug-likeness (QED) is 0.165. The Labute approximate surface area is 180 Å². The summed E-state index contributed by atoms with van der Waals surface area (Å²) >= 11 is 0. The van der Waals surface area contributed by atoms with Gasteiger partial charge in [-0.2, -0.15) is 0 Å². The Bertz CT molecular complexity index is 723. The van der Waals surface area contributed by atoms with Crippen molar-refractivity contribution in [1.29, 1.82) is 0 Å². The molecule has 1 heterocycles. The number of hydrogen-bond donors (Lipinski definition) is 7. The summed E-state index contributed by atoms with van der Waals surface area (Å²) in [7, 11) is 0. The summed E-state index contributed by atoms with van der Waals surface area (Å²) in [6, 6.07) is -3.08. The van der Waals surface area contributed by atoms with Gasteiger partial charge in [-0.15, -0.1) is 0 Å². The van der Waals surface area contributed by atoms with Crippen molar-refractivity contribution in [3.8, 4) is 0 Å². The van der Waals surface area contributed by atoms with Crippen LogP contribution in [0.1, 0.15) is 38.8 Å². The molecule has 0 spiro atoms. The summed E-state index contributed by atoms with van der Waals surface area (Å²) in [5.41, 5.74) is 11.5. The molecular weight excluding hydrogens is 406 g/mol. The molecule has 0 aliphatic heterocycles. The fourth-order valence-corrected chi connectivity index (χ4v) is 2.88. The largest absolute Gasteiger partial charge is 0.480 e. The molecule has 1 rings (SSSR count). The first-order valence-electron chi connectivity index (χ1n) is 10.2. The number of aromatic amines is 1. The van der Waals surface area contributed by atoms with Crippen molar-refractivity contribution < 1.29 is 24.3 Å². The fourth-order valence-electron chi connectivity index (χ4n) is 2.88. The van der Waals surface area contributed by atoms with Gasteiger partial charge in [-0.25, -0.2) is 9.78 Å². The van der Waals surface area contributed by atoms with Gasteiger partial charge in [0.1, 0.15) is 18.1 Å². The summed E-state index contributed by atoms with van der Waals surface area (Å²) in [6.07, 6.45) is 4.51. The number of carbonyl (C=O) groups excluding carboxylic acids is 3. The molecule has 9 N–H and O–H groups in total. The Balaban J connectivity index is 2.96. The van der Waals surface area contributed by atoms with Crippen LogP contribution in [-0.4, -0.2) is 70.0 Å². The number of rotatable bonds is 14. The van der Waals surface area contributed by atoms with Gasteiger partial charge >= 0.3 is 5.97 Å². The normalized spacial score (nSPS) is 13.8. The number of aromatic nitrogens is 2. The van der Waals surface area contributed by atoms with Crippen molar-refractivity contribution >= 4 is 23.7 Å². The summed E-state index contributed by atoms with van der Waals surface area (Å²) in [5, 5.41) is 17.0. The van der Waals surface area contributed by atoms with E-state index in [1.165, 1.54) is 12.5 Å². The minimum absolute atomic E-state index is 0.110. The van der Waals surface area contributed by atoms with Crippen LogP contribution in [0.2, 0.25) is 0 Å². The van der Waals surface area contributed by atoms with Crippen molar-refractivity contribution in [3.63, 3.8) is 0 Å². The Morgan fingerprint density at radius 1 is 1.06 bits per heavy atom. The molecule has 174 valence electrons. The highest BCUT2D eigenvalue weighted by Crippen LogP contribution is 2.07. The Hall–Kier alpha value is -2.99. The zero-order valence-electron chi connectivity index (χ0n) is 17.9. The Kier molecular flexibility index (Phi) is 11.2. The van der Waals surface area contributed by atoms with Crippen LogP contribution < -0.4 is 27.4 Å². The molecule has 3 atom stereocenters. The van der Waals surface area contributed by atoms with E-state index in [1.807, 2.05) is 0 Å². The molecule has 12 nitrogen and oxygen atoms in total. The van der Waals surface area contributed by atoms with Crippen molar-refractivity contribution in [2.45, 2.75) is 57.7 Å². The molecule has 0 bridgehead atoms. The lowest BCUT2D eigenvalue weighted by Gasteiger charge is -2.25. The number of amides is 3. The number of aliphatic carboxylic acids is 1. The Morgan fingerprint density at radius 2 is 1.74 bits per heavy atom. The lowest BCUT2D eigenvalue weighted by molar-refractivity contribution is -0.143. The third-order valence-electron chi connectivity index (χ3n) is 4.63. The second-order valence-electron chi connectivity index (χ2n) is 7.52. The number of nitrogens with zero attached hydrogens (tertiary/aromatic N) is 1. The van der Waals surface area contributed by atoms with Gasteiger partial charge in [-0.3, -0.25) is 14.4 Å². The molecule has 0 aliphatic rings. The van der Waals surface area contributed by atoms with E-state index in [1.54, 1.807) is 13.8 Å². The van der Waals surface area contributed by atoms with Crippen LogP contribution in [-0.2, 0) is 25.6 Å². The van der Waals surface area contributed by atoms with Gasteiger partial charge in [-0.05, 0) is 31.7 Å². The average molecular weight is 440 g/mol. The second kappa shape index (κ2) is 13.3. The highest BCUT2D eigenvalue weighted by Gasteiger charge is 2.30. The molecule has 0 aliphatic carbocycles. The lowest BCUT2D eigenvalue weighted by Crippen LogP contribution is -2.57. The third kappa shape index (κ3) is 9.13. The van der Waals surface area contributed by atoms with Crippen LogP contribution in [0.25, 0.3) is 0 Å². The van der Waals surface area contributed by atoms with Crippen LogP contribution in [0, 0.1) is 5.92 Å². The number of H-pyrrole nitrogens is 1. The van der Waals surface area contributed by atoms with Gasteiger partial charge in [0, 0.05) is 18.3 Å². The first-order valence-corrected chi connectivity index (χ1v) is 10.2. The standard InChI is InChI=1S/C19H33N7O5/c1-11(2)16(19(30)31)26-17(28)13(5-3-4-6-20)25-18(29)14(24-15(27)8-21)7-12-9-22-10-23-12/h9-11,13-14,16H,3-8,20-21H2,1-2H3,(H,22,23)(H,24,27)(H,25,29)(H,26,28)(H,30,31). The van der Waals surface area contributed by atoms with Crippen LogP contribution in [0.4, 0.5) is 0 Å². The zero-order chi connectivity index (χ0) is 23.4. The van der Waals surface area contributed by atoms with Gasteiger partial charge in [0.2, 0.25) is 17.7 Å². The molecule has 1 aromatic rings. The van der Waals surface area contributed by atoms with Crippen molar-refractivity contribution in [2.75, 3.05) is 13.1 Å². The maximum Gasteiger partial charge on any atom is 0.326 e. The molecule has 0 fully saturated rings. The van der Waals surface area contributed by atoms with Gasteiger partial charge in [0.15, 0.2) is 0 Å². The SMILES string of the molecule is CC(C)C(NC(=O)C(CCCCN)NC(=O)C(Cc1cnc[nH]1)NC(=O)CN)C(=O)O. The van der Waals surface area contributed by atoms with E-state index >= 15 is 0 Å². The maximum atomic E-state index is 12.9. The van der Waals surface area contributed by atoms with Crippen LogP contribution in [0.5, 0.6) is 0 Å². The summed E-state index contributed by atoms with van der Waals surface area (Å²) in [6.45, 7) is 3.45. The van der Waals surface area contributed by atoms with Gasteiger partial charge < -0.3 is 37.5 Å². The number of carboxylic acid groups (broad SMARTS) is 1. The molecule has 0 radical (unpaired) electrons. The van der Waals surface area contributed by atoms with E-state index in [0.29, 0.717) is 25.1 Å². The van der Waals surface area contributed by atoms with Crippen molar-refractivity contribution in [2.24, 2.45) is 17.4 Å². The summed E-state index contributed by atoms with van der Waals surface area (Å²) < 4.78 is 0. The third-order valence-corrected chi connectivity index (χ3v) is 4.63. The Morgan fingerprint density at radius 3 is 2.26 bits per heavy atom. The molecule has 31 heavy (non-hydrogen) atoms. The maximum absolute atomic E-state index is 12.9. The van der Waals surface area contributed by atoms with E-state index in [-0.39, 0.29) is 25.3 Å². The molecule has 1 aromatic heterocycles. The minimum Gasteiger partial charge on any atom is -0.480 e. The van der Waals surface area contributed by atoms with Gasteiger partial charge in [-0.1, -0.05) is 13.8 Å². The van der Waals surface area contributed by atoms with Crippen molar-refractivity contribution in [3.05, 3.63) is 18.2 Å². The van der Waals surface area contributed by atoms with E-state index in [0.717, 1.165) is 0 Å². The van der Waals surface area contributed by atoms with Crippen LogP contribution in [0.15, 0.2) is 12.5 Å². The molecule has 0 saturated heterocycles. The predicted molar refractivity (Wildman–Crippen MR) is 113 cm³/mol. The average Bonchev–Trinajstić information content (AvgIpc) is 3.23. The highest BCUT2D eigenvalue weighted by molar-refractivity contribution is 5.93. The first-order chi connectivity index (χ1) is 14.7. The van der Waals surface area contributed by atoms with Gasteiger partial charge in [0.05, 0.1) is 12.9 Å². The highest BCUT2D eigenvalue weighted by atomic mass is 16.4. The number of carbonyl (C=O) groups is 4. The number of hydrogen-bond acceptors (Lipinski definition) is 7. The van der Waals surface area contributed by atoms with Gasteiger partial charge in [0.25, 0.3) is 0 Å². The monoisotopic (exact) mass is 439 g/mol. The summed E-state index contributed by atoms with van der Waals surface area (Å²) in [5.74, 6) is -3.26. The molecular formula is C19H33N7O5. The number of imidazole rings is 1. The summed E-state index contributed by atoms with van der Waals surface area (Å²) in [4.78, 5) is 55.6. The second-order valence-corrected chi connectivity index (χ2v) is 7.52. The van der Waals surface area contributed by atoms with E-state index in [4.69, 9.17) is 11.5 Å². The minimum atomic E-state index is -1.16. The lowest BCUT2D eigenvalue weighted by atomic mass is 10.0. The molecule has 3 unspecified atom stereocenters. The van der Waals surface area contributed by atoms with Crippen LogP contribution in [0.3, 0.4) is 0 Å². The van der Waals surface area contributed by atoms with Crippen molar-refractivity contribution in [1.82, 2.24) is 25.9 Å². The zero-order valence-corrected chi connectivity index (χ0v) is 17.9. The predicted octanol–water partition coefficient (Wildman–Crippen LogP) is -1.77. The topological polar surface area (TPSA) is 205 Å². The molecule has 3 amide bonds. The number of nitrogens with two attached hydrogens (primary N) is 2. The number of carboxylic acids is 1. The number of unbranched alkanes of at least 4 members (excludes halogenated alkanes) is 1. The molecule has 0 aromatic carbocycles.